The Morgan fingerprint density at radius 1 is 1.43 bits per heavy atom. The third-order valence-corrected chi connectivity index (χ3v) is 2.05. The predicted molar refractivity (Wildman–Crippen MR) is 60.0 cm³/mol. The molecule has 1 unspecified atom stereocenters. The lowest BCUT2D eigenvalue weighted by molar-refractivity contribution is -0.241. The van der Waals surface area contributed by atoms with E-state index in [1.807, 2.05) is 19.9 Å². The number of hydrogen-bond donors (Lipinski definition) is 0. The molecule has 0 heterocycles. The van der Waals surface area contributed by atoms with E-state index in [1.165, 1.54) is 0 Å². The first-order valence-corrected chi connectivity index (χ1v) is 5.27. The van der Waals surface area contributed by atoms with Gasteiger partial charge in [-0.15, -0.1) is 0 Å². The monoisotopic (exact) mass is 199 g/mol. The standard InChI is InChI=1S/C12H23O2/c1-6-8-10-12(13-5,9-7-2)14-11(3)4/h6,8,11H,1,7,9-10H2,2-5H3/b8-6+. The van der Waals surface area contributed by atoms with Crippen molar-refractivity contribution in [1.82, 2.24) is 0 Å². The van der Waals surface area contributed by atoms with Crippen LogP contribution in [0.1, 0.15) is 40.0 Å². The Bertz CT molecular complexity index is 164. The molecule has 83 valence electrons. The van der Waals surface area contributed by atoms with Gasteiger partial charge < -0.3 is 9.47 Å². The average Bonchev–Trinajstić information content (AvgIpc) is 2.14. The van der Waals surface area contributed by atoms with E-state index in [0.29, 0.717) is 0 Å². The van der Waals surface area contributed by atoms with Crippen molar-refractivity contribution in [3.63, 3.8) is 0 Å². The van der Waals surface area contributed by atoms with Gasteiger partial charge in [-0.05, 0) is 20.8 Å². The van der Waals surface area contributed by atoms with Crippen molar-refractivity contribution in [3.05, 3.63) is 19.1 Å². The van der Waals surface area contributed by atoms with E-state index in [1.54, 1.807) is 13.2 Å². The summed E-state index contributed by atoms with van der Waals surface area (Å²) in [5.74, 6) is -0.461. The molecule has 0 aromatic rings. The Kier molecular flexibility index (Phi) is 6.85. The Hall–Kier alpha value is -0.340. The maximum absolute atomic E-state index is 5.83. The molecule has 0 aromatic heterocycles. The first kappa shape index (κ1) is 13.7. The van der Waals surface area contributed by atoms with Gasteiger partial charge in [-0.1, -0.05) is 25.5 Å². The number of methoxy groups -OCH3 is 1. The molecule has 0 spiro atoms. The highest BCUT2D eigenvalue weighted by atomic mass is 16.7. The van der Waals surface area contributed by atoms with Crippen LogP contribution in [-0.4, -0.2) is 19.0 Å². The van der Waals surface area contributed by atoms with Crippen LogP contribution in [-0.2, 0) is 9.47 Å². The van der Waals surface area contributed by atoms with Crippen molar-refractivity contribution in [2.24, 2.45) is 0 Å². The molecule has 0 rings (SSSR count). The maximum Gasteiger partial charge on any atom is 0.171 e. The summed E-state index contributed by atoms with van der Waals surface area (Å²) in [4.78, 5) is 0. The lowest BCUT2D eigenvalue weighted by Gasteiger charge is -2.33. The summed E-state index contributed by atoms with van der Waals surface area (Å²) >= 11 is 0. The molecular weight excluding hydrogens is 176 g/mol. The summed E-state index contributed by atoms with van der Waals surface area (Å²) in [5, 5.41) is 0. The zero-order chi connectivity index (χ0) is 11.0. The van der Waals surface area contributed by atoms with Gasteiger partial charge in [0.25, 0.3) is 0 Å². The van der Waals surface area contributed by atoms with Crippen LogP contribution in [0, 0.1) is 6.92 Å². The molecule has 1 radical (unpaired) electrons. The first-order chi connectivity index (χ1) is 6.60. The molecule has 0 aliphatic rings. The topological polar surface area (TPSA) is 18.5 Å². The van der Waals surface area contributed by atoms with Crippen LogP contribution in [0.25, 0.3) is 0 Å². The third kappa shape index (κ3) is 4.77. The smallest absolute Gasteiger partial charge is 0.171 e. The molecule has 0 bridgehead atoms. The van der Waals surface area contributed by atoms with Crippen LogP contribution in [0.15, 0.2) is 12.2 Å². The largest absolute Gasteiger partial charge is 0.353 e. The highest BCUT2D eigenvalue weighted by molar-refractivity contribution is 4.89. The molecule has 2 heteroatoms. The van der Waals surface area contributed by atoms with Crippen molar-refractivity contribution in [1.29, 1.82) is 0 Å². The van der Waals surface area contributed by atoms with Crippen LogP contribution in [0.2, 0.25) is 0 Å². The van der Waals surface area contributed by atoms with Crippen LogP contribution in [0.3, 0.4) is 0 Å². The second-order valence-electron chi connectivity index (χ2n) is 3.71. The fraction of sp³-hybridized carbons (Fsp3) is 0.750. The van der Waals surface area contributed by atoms with Gasteiger partial charge in [0.05, 0.1) is 6.10 Å². The summed E-state index contributed by atoms with van der Waals surface area (Å²) < 4.78 is 11.3. The lowest BCUT2D eigenvalue weighted by atomic mass is 10.1. The van der Waals surface area contributed by atoms with Gasteiger partial charge in [0.1, 0.15) is 0 Å². The van der Waals surface area contributed by atoms with Crippen LogP contribution >= 0.6 is 0 Å². The van der Waals surface area contributed by atoms with E-state index < -0.39 is 5.79 Å². The average molecular weight is 199 g/mol. The van der Waals surface area contributed by atoms with E-state index in [0.717, 1.165) is 19.3 Å². The normalized spacial score (nSPS) is 16.4. The van der Waals surface area contributed by atoms with Crippen LogP contribution in [0.4, 0.5) is 0 Å². The number of rotatable bonds is 7. The van der Waals surface area contributed by atoms with Gasteiger partial charge in [0.2, 0.25) is 0 Å². The highest BCUT2D eigenvalue weighted by Crippen LogP contribution is 2.25. The predicted octanol–water partition coefficient (Wildman–Crippen LogP) is 3.33. The molecule has 0 saturated carbocycles. The fourth-order valence-corrected chi connectivity index (χ4v) is 1.52. The summed E-state index contributed by atoms with van der Waals surface area (Å²) in [6.45, 7) is 9.85. The summed E-state index contributed by atoms with van der Waals surface area (Å²) in [6.07, 6.45) is 6.67. The van der Waals surface area contributed by atoms with Crippen LogP contribution in [0.5, 0.6) is 0 Å². The summed E-state index contributed by atoms with van der Waals surface area (Å²) in [6, 6.07) is 0. The van der Waals surface area contributed by atoms with Crippen molar-refractivity contribution in [2.45, 2.75) is 51.9 Å². The van der Waals surface area contributed by atoms with Crippen molar-refractivity contribution < 1.29 is 9.47 Å². The van der Waals surface area contributed by atoms with Gasteiger partial charge in [0, 0.05) is 20.0 Å². The molecule has 1 atom stereocenters. The van der Waals surface area contributed by atoms with Gasteiger partial charge in [-0.25, -0.2) is 0 Å². The zero-order valence-electron chi connectivity index (χ0n) is 9.88. The second-order valence-corrected chi connectivity index (χ2v) is 3.71. The lowest BCUT2D eigenvalue weighted by Crippen LogP contribution is -2.36. The molecule has 0 N–H and O–H groups in total. The van der Waals surface area contributed by atoms with E-state index in [-0.39, 0.29) is 6.10 Å². The fourth-order valence-electron chi connectivity index (χ4n) is 1.52. The Labute approximate surface area is 88.3 Å². The molecule has 0 fully saturated rings. The molecule has 0 saturated heterocycles. The third-order valence-electron chi connectivity index (χ3n) is 2.05. The second kappa shape index (κ2) is 7.02. The Balaban J connectivity index is 4.41. The Morgan fingerprint density at radius 3 is 2.43 bits per heavy atom. The van der Waals surface area contributed by atoms with Gasteiger partial charge in [0.15, 0.2) is 5.79 Å². The number of ether oxygens (including phenoxy) is 2. The van der Waals surface area contributed by atoms with E-state index in [9.17, 15) is 0 Å². The number of hydrogen-bond acceptors (Lipinski definition) is 2. The first-order valence-electron chi connectivity index (χ1n) is 5.27. The summed E-state index contributed by atoms with van der Waals surface area (Å²) in [5.41, 5.74) is 0. The van der Waals surface area contributed by atoms with E-state index >= 15 is 0 Å². The molecule has 14 heavy (non-hydrogen) atoms. The molecule has 0 amide bonds. The Morgan fingerprint density at radius 2 is 2.07 bits per heavy atom. The van der Waals surface area contributed by atoms with Gasteiger partial charge >= 0.3 is 0 Å². The highest BCUT2D eigenvalue weighted by Gasteiger charge is 2.29. The SMILES string of the molecule is [CH2]/C=C/CC(CCC)(OC)OC(C)C. The maximum atomic E-state index is 5.83. The van der Waals surface area contributed by atoms with Crippen molar-refractivity contribution in [3.8, 4) is 0 Å². The van der Waals surface area contributed by atoms with Crippen LogP contribution < -0.4 is 0 Å². The molecule has 0 aliphatic heterocycles. The van der Waals surface area contributed by atoms with E-state index in [2.05, 4.69) is 13.8 Å². The minimum absolute atomic E-state index is 0.180. The van der Waals surface area contributed by atoms with E-state index in [4.69, 9.17) is 9.47 Å². The van der Waals surface area contributed by atoms with Gasteiger partial charge in [-0.3, -0.25) is 0 Å². The molecule has 0 aliphatic carbocycles. The van der Waals surface area contributed by atoms with Gasteiger partial charge in [-0.2, -0.15) is 0 Å². The molecule has 0 aromatic carbocycles. The minimum atomic E-state index is -0.461. The van der Waals surface area contributed by atoms with Crippen molar-refractivity contribution in [2.75, 3.05) is 7.11 Å². The minimum Gasteiger partial charge on any atom is -0.353 e. The summed E-state index contributed by atoms with van der Waals surface area (Å²) in [7, 11) is 1.70. The molecule has 2 nitrogen and oxygen atoms in total. The zero-order valence-corrected chi connectivity index (χ0v) is 9.88. The quantitative estimate of drug-likeness (QED) is 0.585. The molecular formula is C12H23O2. The van der Waals surface area contributed by atoms with Crippen molar-refractivity contribution >= 4 is 0 Å². The number of allylic oxidation sites excluding steroid dienone is 1.